The third-order valence-corrected chi connectivity index (χ3v) is 20.1. The third kappa shape index (κ3) is 19.9. The second kappa shape index (κ2) is 30.5. The molecule has 466 valence electrons. The molecule has 2 fully saturated rings. The number of nitrogens with one attached hydrogen (secondary N) is 3. The van der Waals surface area contributed by atoms with Crippen LogP contribution in [0.15, 0.2) is 133 Å². The number of fused-ring (bicyclic) bond motifs is 2. The molecule has 3 N–H and O–H groups in total. The maximum atomic E-state index is 4.91. The predicted octanol–water partition coefficient (Wildman–Crippen LogP) is 13.2. The van der Waals surface area contributed by atoms with E-state index in [9.17, 15) is 0 Å². The Morgan fingerprint density at radius 1 is 0.472 bits per heavy atom. The molecule has 33 heteroatoms. The highest BCUT2D eigenvalue weighted by atomic mass is 127. The minimum atomic E-state index is 0.0995. The van der Waals surface area contributed by atoms with Gasteiger partial charge >= 0.3 is 0 Å². The number of piperidine rings is 2. The normalized spacial score (nSPS) is 15.6. The molecule has 0 atom stereocenters. The Morgan fingerprint density at radius 2 is 0.888 bits per heavy atom. The molecule has 0 saturated carbocycles. The van der Waals surface area contributed by atoms with Gasteiger partial charge in [0.05, 0.1) is 55.9 Å². The molecule has 2 saturated heterocycles. The van der Waals surface area contributed by atoms with Crippen LogP contribution in [0.1, 0.15) is 81.1 Å². The van der Waals surface area contributed by atoms with Crippen molar-refractivity contribution in [2.24, 2.45) is 0 Å². The van der Waals surface area contributed by atoms with E-state index < -0.39 is 0 Å². The second-order valence-corrected chi connectivity index (χ2v) is 32.1. The van der Waals surface area contributed by atoms with Crippen molar-refractivity contribution >= 4 is 175 Å². The third-order valence-electron chi connectivity index (χ3n) is 13.3. The van der Waals surface area contributed by atoms with E-state index in [1.165, 1.54) is 0 Å². The summed E-state index contributed by atoms with van der Waals surface area (Å²) in [5.41, 5.74) is 1.26. The number of aromatic amines is 1. The lowest BCUT2D eigenvalue weighted by Crippen LogP contribution is -2.61. The van der Waals surface area contributed by atoms with E-state index in [2.05, 4.69) is 259 Å². The Kier molecular flexibility index (Phi) is 23.4. The molecule has 0 spiro atoms. The minimum Gasteiger partial charge on any atom is -0.351 e. The van der Waals surface area contributed by atoms with Crippen molar-refractivity contribution in [3.63, 3.8) is 0 Å². The van der Waals surface area contributed by atoms with E-state index >= 15 is 0 Å². The fourth-order valence-electron chi connectivity index (χ4n) is 10.2. The number of rotatable bonds is 8. The highest BCUT2D eigenvalue weighted by Gasteiger charge is 2.41. The van der Waals surface area contributed by atoms with Gasteiger partial charge in [-0.25, -0.2) is 79.7 Å². The van der Waals surface area contributed by atoms with Crippen molar-refractivity contribution < 1.29 is 0 Å². The van der Waals surface area contributed by atoms with Gasteiger partial charge in [-0.15, -0.1) is 0 Å². The van der Waals surface area contributed by atoms with E-state index in [1.54, 1.807) is 151 Å². The lowest BCUT2D eigenvalue weighted by Gasteiger charge is -2.48. The lowest BCUT2D eigenvalue weighted by atomic mass is 9.79. The van der Waals surface area contributed by atoms with Gasteiger partial charge in [-0.05, 0) is 181 Å². The SMILES string of the molecule is Brc1cnc(I)cn1.CN(c1nc2sc(-c3cnc(-n4ccnc4)cn3)nc2s1)C1CC(C)(C)NC(C)(C)C1.CN(c1nc2sc(Br)nc2s1)C1CC(C)(C)NC(C)(C)C1.Ic1cnc(-n2ccnc2)cn1.Ic1cnc(-n2ccnc2)cn1.c1c[nH]cn1. The van der Waals surface area contributed by atoms with E-state index in [4.69, 9.17) is 15.0 Å². The zero-order chi connectivity index (χ0) is 63.5. The molecule has 89 heavy (non-hydrogen) atoms. The molecule has 0 radical (unpaired) electrons. The van der Waals surface area contributed by atoms with Crippen LogP contribution in [0.4, 0.5) is 10.3 Å². The summed E-state index contributed by atoms with van der Waals surface area (Å²) < 4.78 is 9.81. The zero-order valence-electron chi connectivity index (χ0n) is 49.9. The number of imidazole rings is 4. The van der Waals surface area contributed by atoms with Gasteiger partial charge in [-0.3, -0.25) is 13.7 Å². The van der Waals surface area contributed by atoms with Crippen LogP contribution in [-0.2, 0) is 0 Å². The summed E-state index contributed by atoms with van der Waals surface area (Å²) in [6.07, 6.45) is 38.9. The maximum Gasteiger partial charge on any atom is 0.188 e. The Bertz CT molecular complexity index is 3840. The summed E-state index contributed by atoms with van der Waals surface area (Å²) in [6.45, 7) is 18.3. The summed E-state index contributed by atoms with van der Waals surface area (Å²) in [7, 11) is 4.32. The quantitative estimate of drug-likeness (QED) is 0.119. The van der Waals surface area contributed by atoms with Crippen LogP contribution >= 0.6 is 145 Å². The van der Waals surface area contributed by atoms with Crippen LogP contribution in [0.3, 0.4) is 0 Å². The smallest absolute Gasteiger partial charge is 0.188 e. The second-order valence-electron chi connectivity index (χ2n) is 22.8. The summed E-state index contributed by atoms with van der Waals surface area (Å²) in [5, 5.41) is 10.4. The average molecular weight is 1740 g/mol. The van der Waals surface area contributed by atoms with Gasteiger partial charge < -0.3 is 25.4 Å². The van der Waals surface area contributed by atoms with Crippen molar-refractivity contribution in [3.05, 3.63) is 144 Å². The summed E-state index contributed by atoms with van der Waals surface area (Å²) in [5.74, 6) is 2.30. The molecule has 0 bridgehead atoms. The highest BCUT2D eigenvalue weighted by molar-refractivity contribution is 14.1. The van der Waals surface area contributed by atoms with Crippen molar-refractivity contribution in [1.29, 1.82) is 0 Å². The number of halogens is 5. The Labute approximate surface area is 588 Å². The number of thiazole rings is 4. The largest absolute Gasteiger partial charge is 0.351 e. The van der Waals surface area contributed by atoms with Gasteiger partial charge in [-0.1, -0.05) is 45.3 Å². The Morgan fingerprint density at radius 3 is 1.21 bits per heavy atom. The minimum absolute atomic E-state index is 0.0995. The molecule has 0 amide bonds. The van der Waals surface area contributed by atoms with E-state index in [0.717, 1.165) is 103 Å². The zero-order valence-corrected chi connectivity index (χ0v) is 62.9. The molecule has 2 aliphatic heterocycles. The molecule has 0 unspecified atom stereocenters. The highest BCUT2D eigenvalue weighted by Crippen LogP contribution is 2.40. The number of anilines is 2. The Balaban J connectivity index is 0.000000139. The maximum absolute atomic E-state index is 4.91. The number of hydrogen-bond acceptors (Lipinski definition) is 24. The topological polar surface area (TPSA) is 267 Å². The lowest BCUT2D eigenvalue weighted by molar-refractivity contribution is 0.160. The van der Waals surface area contributed by atoms with E-state index in [0.29, 0.717) is 12.1 Å². The molecule has 0 aliphatic carbocycles. The van der Waals surface area contributed by atoms with Crippen LogP contribution in [0.25, 0.3) is 47.5 Å². The molecular weight excluding hydrogens is 1680 g/mol. The van der Waals surface area contributed by atoms with Crippen LogP contribution in [-0.4, -0.2) is 147 Å². The van der Waals surface area contributed by atoms with Crippen LogP contribution in [0.2, 0.25) is 0 Å². The number of aromatic nitrogens is 20. The standard InChI is InChI=1S/C21H26N8S2.C14H21BrN4S2.2C7H5IN4.C4H2BrIN2.C3H4N2/c1-20(2)8-13(9-21(3,4)27-20)28(5)19-26-18-17(31-19)25-16(30-18)14-10-24-15(11-23-14)29-7-6-22-12-29;1-13(2)6-8(7-14(3,4)18-13)19(5)12-17-10-9(21-12)16-11(15)20-10;2*8-6-3-11-7(4-10-6)12-2-1-9-5-12;5-3-1-8-4(6)2-7-3;1-2-5-3-4-1/h6-7,10-13,27H,8-9H2,1-5H3;8,18H,6-7H2,1-5H3;2*1-5H;1-2H;1-3H,(H,4,5). The van der Waals surface area contributed by atoms with Gasteiger partial charge in [0, 0.05) is 97.9 Å². The first-order valence-corrected chi connectivity index (χ1v) is 35.5. The predicted molar refractivity (Wildman–Crippen MR) is 387 cm³/mol. The summed E-state index contributed by atoms with van der Waals surface area (Å²) >= 11 is 19.4. The van der Waals surface area contributed by atoms with E-state index in [-0.39, 0.29) is 22.2 Å². The van der Waals surface area contributed by atoms with Gasteiger partial charge in [-0.2, -0.15) is 0 Å². The monoisotopic (exact) mass is 1740 g/mol. The fourth-order valence-corrected chi connectivity index (χ4v) is 15.8. The molecule has 12 aromatic heterocycles. The number of H-pyrrole nitrogens is 1. The van der Waals surface area contributed by atoms with Crippen molar-refractivity contribution in [3.8, 4) is 28.2 Å². The van der Waals surface area contributed by atoms with Gasteiger partial charge in [0.2, 0.25) is 0 Å². The Hall–Kier alpha value is -5.13. The van der Waals surface area contributed by atoms with Crippen molar-refractivity contribution in [2.75, 3.05) is 23.9 Å². The molecule has 24 nitrogen and oxygen atoms in total. The fraction of sp³-hybridized carbons (Fsp3) is 0.357. The molecule has 2 aliphatic rings. The van der Waals surface area contributed by atoms with Crippen LogP contribution in [0.5, 0.6) is 0 Å². The van der Waals surface area contributed by atoms with Crippen molar-refractivity contribution in [1.82, 2.24) is 109 Å². The first-order valence-electron chi connectivity index (χ1n) is 27.4. The molecule has 14 heterocycles. The summed E-state index contributed by atoms with van der Waals surface area (Å²) in [4.78, 5) is 79.3. The van der Waals surface area contributed by atoms with Gasteiger partial charge in [0.15, 0.2) is 51.0 Å². The van der Waals surface area contributed by atoms with E-state index in [1.807, 2.05) is 32.3 Å². The average Bonchev–Trinajstić information content (AvgIpc) is 1.97. The molecule has 12 aromatic rings. The molecular formula is C56H63Br2I3N24S4. The first-order chi connectivity index (χ1) is 42.3. The first kappa shape index (κ1) is 68.2. The summed E-state index contributed by atoms with van der Waals surface area (Å²) in [6, 6.07) is 0.938. The van der Waals surface area contributed by atoms with Gasteiger partial charge in [0.1, 0.15) is 45.4 Å². The number of hydrogen-bond donors (Lipinski definition) is 3. The molecule has 14 rings (SSSR count). The molecule has 0 aromatic carbocycles. The van der Waals surface area contributed by atoms with Gasteiger partial charge in [0.25, 0.3) is 0 Å². The van der Waals surface area contributed by atoms with Crippen LogP contribution in [0, 0.1) is 11.1 Å². The van der Waals surface area contributed by atoms with Crippen molar-refractivity contribution in [2.45, 2.75) is 115 Å². The number of nitrogens with zero attached hydrogens (tertiary/aromatic N) is 21. The van der Waals surface area contributed by atoms with Crippen LogP contribution < -0.4 is 20.4 Å².